The van der Waals surface area contributed by atoms with Crippen molar-refractivity contribution in [2.45, 2.75) is 43.5 Å². The summed E-state index contributed by atoms with van der Waals surface area (Å²) in [6, 6.07) is 11.6. The molecule has 0 unspecified atom stereocenters. The second-order valence-corrected chi connectivity index (χ2v) is 10.6. The summed E-state index contributed by atoms with van der Waals surface area (Å²) >= 11 is 0. The largest absolute Gasteiger partial charge is 0.493 e. The number of hydrogen-bond acceptors (Lipinski definition) is 5. The smallest absolute Gasteiger partial charge is 0.264 e. The molecule has 1 amide bonds. The second-order valence-electron chi connectivity index (χ2n) is 8.71. The number of anilines is 1. The Morgan fingerprint density at radius 2 is 1.75 bits per heavy atom. The van der Waals surface area contributed by atoms with Gasteiger partial charge in [-0.25, -0.2) is 8.42 Å². The Balaban J connectivity index is 1.64. The fourth-order valence-corrected chi connectivity index (χ4v) is 6.35. The van der Waals surface area contributed by atoms with Crippen molar-refractivity contribution in [3.05, 3.63) is 48.0 Å². The van der Waals surface area contributed by atoms with Gasteiger partial charge in [-0.05, 0) is 62.3 Å². The number of amides is 1. The molecule has 7 nitrogen and oxygen atoms in total. The average molecular weight is 459 g/mol. The van der Waals surface area contributed by atoms with E-state index >= 15 is 0 Å². The number of carbonyl (C=O) groups excluding carboxylic acids is 1. The predicted octanol–water partition coefficient (Wildman–Crippen LogP) is 3.51. The van der Waals surface area contributed by atoms with Crippen LogP contribution in [0.2, 0.25) is 0 Å². The van der Waals surface area contributed by atoms with Gasteiger partial charge in [0, 0.05) is 12.1 Å². The number of aryl methyl sites for hydroxylation is 1. The molecule has 172 valence electrons. The fourth-order valence-electron chi connectivity index (χ4n) is 4.94. The van der Waals surface area contributed by atoms with Crippen LogP contribution in [0.15, 0.2) is 47.4 Å². The van der Waals surface area contributed by atoms with Gasteiger partial charge in [0.1, 0.15) is 6.54 Å². The van der Waals surface area contributed by atoms with Crippen molar-refractivity contribution in [2.24, 2.45) is 11.8 Å². The van der Waals surface area contributed by atoms with Crippen molar-refractivity contribution in [1.82, 2.24) is 5.32 Å². The van der Waals surface area contributed by atoms with Gasteiger partial charge >= 0.3 is 0 Å². The molecular formula is C24H30N2O5S. The van der Waals surface area contributed by atoms with Crippen LogP contribution in [-0.2, 0) is 14.8 Å². The van der Waals surface area contributed by atoms with Crippen molar-refractivity contribution in [3.8, 4) is 11.5 Å². The Bertz CT molecular complexity index is 1080. The van der Waals surface area contributed by atoms with Gasteiger partial charge in [0.2, 0.25) is 5.91 Å². The molecule has 0 heterocycles. The molecule has 2 fully saturated rings. The maximum absolute atomic E-state index is 13.6. The minimum atomic E-state index is -3.98. The number of sulfonamides is 1. The molecule has 0 saturated heterocycles. The van der Waals surface area contributed by atoms with Crippen LogP contribution in [0.4, 0.5) is 5.69 Å². The normalized spacial score (nSPS) is 21.9. The van der Waals surface area contributed by atoms with Crippen LogP contribution in [0.5, 0.6) is 11.5 Å². The molecule has 2 aromatic rings. The molecule has 1 N–H and O–H groups in total. The van der Waals surface area contributed by atoms with Gasteiger partial charge in [0.05, 0.1) is 24.8 Å². The first-order valence-electron chi connectivity index (χ1n) is 10.9. The summed E-state index contributed by atoms with van der Waals surface area (Å²) in [5.74, 6) is 1.77. The van der Waals surface area contributed by atoms with Gasteiger partial charge in [-0.2, -0.15) is 0 Å². The third kappa shape index (κ3) is 4.41. The SMILES string of the molecule is COc1ccc(N(CC(=O)N[C@@H]2C[C@@H]3CC[C@H]2C3)S(=O)(=O)c2ccc(C)cc2)cc1OC. The monoisotopic (exact) mass is 458 g/mol. The lowest BCUT2D eigenvalue weighted by Crippen LogP contribution is -2.46. The van der Waals surface area contributed by atoms with Gasteiger partial charge < -0.3 is 14.8 Å². The molecule has 2 aliphatic rings. The molecule has 32 heavy (non-hydrogen) atoms. The number of benzene rings is 2. The molecule has 4 rings (SSSR count). The zero-order valence-electron chi connectivity index (χ0n) is 18.7. The molecule has 8 heteroatoms. The standard InChI is InChI=1S/C24H30N2O5S/c1-16-4-9-20(10-5-16)32(28,29)26(19-8-11-22(30-2)23(14-19)31-3)15-24(27)25-21-13-17-6-7-18(21)12-17/h4-5,8-11,14,17-18,21H,6-7,12-13,15H2,1-3H3,(H,25,27)/t17-,18+,21-/m1/s1. The zero-order valence-corrected chi connectivity index (χ0v) is 19.5. The number of nitrogens with one attached hydrogen (secondary N) is 1. The highest BCUT2D eigenvalue weighted by molar-refractivity contribution is 7.92. The van der Waals surface area contributed by atoms with Crippen LogP contribution in [0.3, 0.4) is 0 Å². The second kappa shape index (κ2) is 9.02. The number of rotatable bonds is 8. The number of nitrogens with zero attached hydrogens (tertiary/aromatic N) is 1. The molecule has 0 aliphatic heterocycles. The molecule has 2 aromatic carbocycles. The number of carbonyl (C=O) groups is 1. The van der Waals surface area contributed by atoms with Crippen LogP contribution < -0.4 is 19.1 Å². The first-order valence-corrected chi connectivity index (χ1v) is 12.4. The topological polar surface area (TPSA) is 84.9 Å². The van der Waals surface area contributed by atoms with Crippen molar-refractivity contribution in [1.29, 1.82) is 0 Å². The lowest BCUT2D eigenvalue weighted by molar-refractivity contribution is -0.120. The average Bonchev–Trinajstić information content (AvgIpc) is 3.40. The van der Waals surface area contributed by atoms with Crippen LogP contribution in [0.1, 0.15) is 31.2 Å². The number of fused-ring (bicyclic) bond motifs is 2. The van der Waals surface area contributed by atoms with Gasteiger partial charge in [0.15, 0.2) is 11.5 Å². The fraction of sp³-hybridized carbons (Fsp3) is 0.458. The Kier molecular flexibility index (Phi) is 6.33. The van der Waals surface area contributed by atoms with E-state index in [1.807, 2.05) is 6.92 Å². The van der Waals surface area contributed by atoms with E-state index in [-0.39, 0.29) is 23.4 Å². The van der Waals surface area contributed by atoms with Gasteiger partial charge in [0.25, 0.3) is 10.0 Å². The quantitative estimate of drug-likeness (QED) is 0.654. The van der Waals surface area contributed by atoms with Crippen molar-refractivity contribution in [3.63, 3.8) is 0 Å². The molecular weight excluding hydrogens is 428 g/mol. The Morgan fingerprint density at radius 3 is 2.34 bits per heavy atom. The lowest BCUT2D eigenvalue weighted by Gasteiger charge is -2.27. The first-order chi connectivity index (χ1) is 15.3. The third-order valence-corrected chi connectivity index (χ3v) is 8.42. The highest BCUT2D eigenvalue weighted by Gasteiger charge is 2.40. The number of hydrogen-bond donors (Lipinski definition) is 1. The summed E-state index contributed by atoms with van der Waals surface area (Å²) in [6.45, 7) is 1.59. The van der Waals surface area contributed by atoms with E-state index < -0.39 is 10.0 Å². The minimum Gasteiger partial charge on any atom is -0.493 e. The van der Waals surface area contributed by atoms with Gasteiger partial charge in [-0.1, -0.05) is 24.1 Å². The van der Waals surface area contributed by atoms with Crippen LogP contribution in [0.25, 0.3) is 0 Å². The summed E-state index contributed by atoms with van der Waals surface area (Å²) < 4.78 is 38.9. The van der Waals surface area contributed by atoms with Gasteiger partial charge in [-0.3, -0.25) is 9.10 Å². The van der Waals surface area contributed by atoms with Crippen LogP contribution >= 0.6 is 0 Å². The summed E-state index contributed by atoms with van der Waals surface area (Å²) in [6.07, 6.45) is 4.51. The molecule has 0 radical (unpaired) electrons. The molecule has 3 atom stereocenters. The molecule has 2 aliphatic carbocycles. The molecule has 0 spiro atoms. The van der Waals surface area contributed by atoms with Gasteiger partial charge in [-0.15, -0.1) is 0 Å². The number of methoxy groups -OCH3 is 2. The van der Waals surface area contributed by atoms with E-state index in [2.05, 4.69) is 5.32 Å². The number of ether oxygens (including phenoxy) is 2. The summed E-state index contributed by atoms with van der Waals surface area (Å²) in [5.41, 5.74) is 1.29. The van der Waals surface area contributed by atoms with Crippen LogP contribution in [0, 0.1) is 18.8 Å². The van der Waals surface area contributed by atoms with E-state index in [0.29, 0.717) is 29.0 Å². The van der Waals surface area contributed by atoms with E-state index in [1.165, 1.54) is 20.6 Å². The highest BCUT2D eigenvalue weighted by Crippen LogP contribution is 2.44. The molecule has 0 aromatic heterocycles. The maximum Gasteiger partial charge on any atom is 0.264 e. The Morgan fingerprint density at radius 1 is 1.03 bits per heavy atom. The third-order valence-electron chi connectivity index (χ3n) is 6.64. The van der Waals surface area contributed by atoms with Crippen LogP contribution in [-0.4, -0.2) is 41.1 Å². The summed E-state index contributed by atoms with van der Waals surface area (Å²) in [5, 5.41) is 3.09. The van der Waals surface area contributed by atoms with E-state index in [1.54, 1.807) is 42.5 Å². The first kappa shape index (κ1) is 22.5. The minimum absolute atomic E-state index is 0.130. The van der Waals surface area contributed by atoms with Crippen molar-refractivity contribution < 1.29 is 22.7 Å². The van der Waals surface area contributed by atoms with E-state index in [0.717, 1.165) is 29.1 Å². The molecule has 2 saturated carbocycles. The Hall–Kier alpha value is -2.74. The van der Waals surface area contributed by atoms with Crippen molar-refractivity contribution in [2.75, 3.05) is 25.1 Å². The van der Waals surface area contributed by atoms with E-state index in [4.69, 9.17) is 9.47 Å². The molecule has 2 bridgehead atoms. The zero-order chi connectivity index (χ0) is 22.9. The summed E-state index contributed by atoms with van der Waals surface area (Å²) in [4.78, 5) is 13.1. The van der Waals surface area contributed by atoms with E-state index in [9.17, 15) is 13.2 Å². The summed E-state index contributed by atoms with van der Waals surface area (Å²) in [7, 11) is -0.975. The lowest BCUT2D eigenvalue weighted by atomic mass is 9.95. The Labute approximate surface area is 189 Å². The predicted molar refractivity (Wildman–Crippen MR) is 123 cm³/mol. The highest BCUT2D eigenvalue weighted by atomic mass is 32.2. The van der Waals surface area contributed by atoms with Crippen molar-refractivity contribution >= 4 is 21.6 Å². The maximum atomic E-state index is 13.6.